The third-order valence-corrected chi connectivity index (χ3v) is 3.97. The number of amides is 3. The van der Waals surface area contributed by atoms with Gasteiger partial charge in [-0.1, -0.05) is 18.6 Å². The molecule has 0 atom stereocenters. The monoisotopic (exact) mass is 305 g/mol. The number of carboxylic acid groups (broad SMARTS) is 1. The largest absolute Gasteiger partial charge is 0.481 e. The molecule has 0 unspecified atom stereocenters. The molecule has 1 aromatic rings. The number of hydrogen-bond donors (Lipinski definition) is 4. The fraction of sp³-hybridized carbons (Fsp3) is 0.400. The van der Waals surface area contributed by atoms with Crippen molar-refractivity contribution in [3.05, 3.63) is 29.8 Å². The Balaban J connectivity index is 1.83. The number of anilines is 1. The van der Waals surface area contributed by atoms with Gasteiger partial charge in [-0.3, -0.25) is 9.59 Å². The average molecular weight is 305 g/mol. The van der Waals surface area contributed by atoms with Crippen LogP contribution in [0, 0.1) is 5.41 Å². The summed E-state index contributed by atoms with van der Waals surface area (Å²) in [7, 11) is 0. The first-order valence-corrected chi connectivity index (χ1v) is 7.07. The van der Waals surface area contributed by atoms with E-state index in [-0.39, 0.29) is 12.3 Å². The molecule has 1 fully saturated rings. The van der Waals surface area contributed by atoms with E-state index in [0.29, 0.717) is 25.1 Å². The molecule has 0 radical (unpaired) electrons. The molecular weight excluding hydrogens is 286 g/mol. The zero-order valence-corrected chi connectivity index (χ0v) is 12.1. The fourth-order valence-electron chi connectivity index (χ4n) is 2.49. The van der Waals surface area contributed by atoms with E-state index in [1.54, 1.807) is 24.3 Å². The minimum atomic E-state index is -0.893. The lowest BCUT2D eigenvalue weighted by Gasteiger charge is -2.36. The molecule has 0 bridgehead atoms. The van der Waals surface area contributed by atoms with Gasteiger partial charge in [0.2, 0.25) is 5.91 Å². The van der Waals surface area contributed by atoms with E-state index in [4.69, 9.17) is 5.73 Å². The summed E-state index contributed by atoms with van der Waals surface area (Å²) in [5.74, 6) is -1.16. The summed E-state index contributed by atoms with van der Waals surface area (Å²) in [6.07, 6.45) is 1.99. The van der Waals surface area contributed by atoms with Crippen LogP contribution in [0.2, 0.25) is 0 Å². The second-order valence-corrected chi connectivity index (χ2v) is 5.58. The third-order valence-electron chi connectivity index (χ3n) is 3.97. The van der Waals surface area contributed by atoms with Crippen LogP contribution >= 0.6 is 0 Å². The first kappa shape index (κ1) is 15.8. The van der Waals surface area contributed by atoms with Crippen LogP contribution in [0.3, 0.4) is 0 Å². The number of hydrogen-bond acceptors (Lipinski definition) is 3. The number of carbonyl (C=O) groups excluding carboxylic acids is 2. The molecule has 1 aliphatic rings. The molecule has 0 saturated heterocycles. The molecule has 118 valence electrons. The SMILES string of the molecule is NC(=O)Nc1ccc(CNC(=O)CC2(C(=O)O)CCC2)cc1. The summed E-state index contributed by atoms with van der Waals surface area (Å²) >= 11 is 0. The lowest BCUT2D eigenvalue weighted by atomic mass is 9.66. The van der Waals surface area contributed by atoms with Crippen molar-refractivity contribution in [2.75, 3.05) is 5.32 Å². The lowest BCUT2D eigenvalue weighted by molar-refractivity contribution is -0.157. The summed E-state index contributed by atoms with van der Waals surface area (Å²) in [6, 6.07) is 6.22. The molecule has 0 heterocycles. The van der Waals surface area contributed by atoms with E-state index >= 15 is 0 Å². The highest BCUT2D eigenvalue weighted by Crippen LogP contribution is 2.44. The molecule has 2 rings (SSSR count). The first-order valence-electron chi connectivity index (χ1n) is 7.07. The minimum Gasteiger partial charge on any atom is -0.481 e. The van der Waals surface area contributed by atoms with Gasteiger partial charge in [0, 0.05) is 18.7 Å². The van der Waals surface area contributed by atoms with Crippen LogP contribution in [0.5, 0.6) is 0 Å². The molecule has 1 aromatic carbocycles. The van der Waals surface area contributed by atoms with E-state index in [2.05, 4.69) is 10.6 Å². The van der Waals surface area contributed by atoms with Crippen molar-refractivity contribution >= 4 is 23.6 Å². The van der Waals surface area contributed by atoms with E-state index < -0.39 is 17.4 Å². The normalized spacial score (nSPS) is 15.5. The number of rotatable bonds is 6. The van der Waals surface area contributed by atoms with Crippen molar-refractivity contribution in [3.8, 4) is 0 Å². The molecule has 0 aliphatic heterocycles. The maximum atomic E-state index is 11.9. The van der Waals surface area contributed by atoms with Crippen molar-refractivity contribution in [3.63, 3.8) is 0 Å². The van der Waals surface area contributed by atoms with E-state index in [9.17, 15) is 19.5 Å². The van der Waals surface area contributed by atoms with E-state index in [1.165, 1.54) is 0 Å². The molecule has 0 spiro atoms. The highest BCUT2D eigenvalue weighted by Gasteiger charge is 2.45. The van der Waals surface area contributed by atoms with E-state index in [1.807, 2.05) is 0 Å². The maximum absolute atomic E-state index is 11.9. The standard InChI is InChI=1S/C15H19N3O4/c16-14(22)18-11-4-2-10(3-5-11)9-17-12(19)8-15(13(20)21)6-1-7-15/h2-5H,1,6-9H2,(H,17,19)(H,20,21)(H3,16,18,22). The molecule has 7 nitrogen and oxygen atoms in total. The van der Waals surface area contributed by atoms with Crippen LogP contribution in [0.15, 0.2) is 24.3 Å². The quantitative estimate of drug-likeness (QED) is 0.635. The number of benzene rings is 1. The molecule has 7 heteroatoms. The Morgan fingerprint density at radius 2 is 1.82 bits per heavy atom. The van der Waals surface area contributed by atoms with Crippen molar-refractivity contribution in [1.82, 2.24) is 5.32 Å². The first-order chi connectivity index (χ1) is 10.4. The number of primary amides is 1. The molecule has 1 saturated carbocycles. The van der Waals surface area contributed by atoms with Gasteiger partial charge in [0.1, 0.15) is 0 Å². The molecule has 0 aromatic heterocycles. The molecule has 1 aliphatic carbocycles. The van der Waals surface area contributed by atoms with Crippen LogP contribution in [0.4, 0.5) is 10.5 Å². The highest BCUT2D eigenvalue weighted by atomic mass is 16.4. The van der Waals surface area contributed by atoms with Gasteiger partial charge in [0.15, 0.2) is 0 Å². The van der Waals surface area contributed by atoms with Gasteiger partial charge in [-0.25, -0.2) is 4.79 Å². The smallest absolute Gasteiger partial charge is 0.316 e. The van der Waals surface area contributed by atoms with Crippen LogP contribution < -0.4 is 16.4 Å². The predicted molar refractivity (Wildman–Crippen MR) is 80.0 cm³/mol. The van der Waals surface area contributed by atoms with Gasteiger partial charge in [0.05, 0.1) is 5.41 Å². The Bertz CT molecular complexity index is 579. The predicted octanol–water partition coefficient (Wildman–Crippen LogP) is 1.44. The fourth-order valence-corrected chi connectivity index (χ4v) is 2.49. The van der Waals surface area contributed by atoms with Gasteiger partial charge in [-0.2, -0.15) is 0 Å². The molecular formula is C15H19N3O4. The maximum Gasteiger partial charge on any atom is 0.316 e. The number of aliphatic carboxylic acids is 1. The highest BCUT2D eigenvalue weighted by molar-refractivity contribution is 5.87. The van der Waals surface area contributed by atoms with Crippen molar-refractivity contribution in [2.45, 2.75) is 32.2 Å². The summed E-state index contributed by atoms with van der Waals surface area (Å²) in [5.41, 5.74) is 5.55. The number of carboxylic acids is 1. The Kier molecular flexibility index (Phi) is 4.65. The zero-order chi connectivity index (χ0) is 16.2. The van der Waals surface area contributed by atoms with Crippen molar-refractivity contribution in [2.24, 2.45) is 11.1 Å². The zero-order valence-electron chi connectivity index (χ0n) is 12.1. The molecule has 22 heavy (non-hydrogen) atoms. The Morgan fingerprint density at radius 1 is 1.18 bits per heavy atom. The Hall–Kier alpha value is -2.57. The summed E-state index contributed by atoms with van der Waals surface area (Å²) in [4.78, 5) is 33.8. The van der Waals surface area contributed by atoms with Gasteiger partial charge in [0.25, 0.3) is 0 Å². The molecule has 3 amide bonds. The minimum absolute atomic E-state index is 0.0175. The number of nitrogens with one attached hydrogen (secondary N) is 2. The van der Waals surface area contributed by atoms with Gasteiger partial charge in [-0.05, 0) is 30.5 Å². The van der Waals surface area contributed by atoms with Crippen LogP contribution in [-0.2, 0) is 16.1 Å². The van der Waals surface area contributed by atoms with Gasteiger partial charge < -0.3 is 21.5 Å². The second-order valence-electron chi connectivity index (χ2n) is 5.58. The topological polar surface area (TPSA) is 122 Å². The average Bonchev–Trinajstić information content (AvgIpc) is 2.41. The number of carbonyl (C=O) groups is 3. The lowest BCUT2D eigenvalue weighted by Crippen LogP contribution is -2.42. The third kappa shape index (κ3) is 3.75. The van der Waals surface area contributed by atoms with Crippen molar-refractivity contribution in [1.29, 1.82) is 0 Å². The summed E-state index contributed by atoms with van der Waals surface area (Å²) in [5, 5.41) is 14.4. The Morgan fingerprint density at radius 3 is 2.27 bits per heavy atom. The second kappa shape index (κ2) is 6.46. The number of nitrogens with two attached hydrogens (primary N) is 1. The van der Waals surface area contributed by atoms with E-state index in [0.717, 1.165) is 12.0 Å². The molecule has 5 N–H and O–H groups in total. The Labute approximate surface area is 127 Å². The van der Waals surface area contributed by atoms with Crippen LogP contribution in [-0.4, -0.2) is 23.0 Å². The number of urea groups is 1. The van der Waals surface area contributed by atoms with Gasteiger partial charge in [-0.15, -0.1) is 0 Å². The summed E-state index contributed by atoms with van der Waals surface area (Å²) < 4.78 is 0. The van der Waals surface area contributed by atoms with Crippen molar-refractivity contribution < 1.29 is 19.5 Å². The van der Waals surface area contributed by atoms with Crippen LogP contribution in [0.25, 0.3) is 0 Å². The summed E-state index contributed by atoms with van der Waals surface area (Å²) in [6.45, 7) is 0.311. The van der Waals surface area contributed by atoms with Crippen LogP contribution in [0.1, 0.15) is 31.2 Å². The van der Waals surface area contributed by atoms with Gasteiger partial charge >= 0.3 is 12.0 Å².